The van der Waals surface area contributed by atoms with Gasteiger partial charge in [-0.3, -0.25) is 0 Å². The summed E-state index contributed by atoms with van der Waals surface area (Å²) in [6, 6.07) is 4.22. The van der Waals surface area contributed by atoms with E-state index in [1.54, 1.807) is 5.57 Å². The standard InChI is InChI=1S/C16H22BrCl/c1-5-8-12(6-2)13(7-3)14-10-15(17)16(18)9-11(14)4/h9-10H,5-8H2,1-4H3/b13-12+. The van der Waals surface area contributed by atoms with Gasteiger partial charge in [-0.15, -0.1) is 0 Å². The Hall–Kier alpha value is -0.270. The average Bonchev–Trinajstić information content (AvgIpc) is 2.35. The SMILES string of the molecule is CCC/C(CC)=C(\CC)c1cc(Br)c(Cl)cc1C. The van der Waals surface area contributed by atoms with E-state index in [1.807, 2.05) is 0 Å². The van der Waals surface area contributed by atoms with Gasteiger partial charge in [-0.25, -0.2) is 0 Å². The van der Waals surface area contributed by atoms with E-state index in [9.17, 15) is 0 Å². The Kier molecular flexibility index (Phi) is 6.45. The van der Waals surface area contributed by atoms with E-state index in [2.05, 4.69) is 55.8 Å². The molecule has 0 spiro atoms. The summed E-state index contributed by atoms with van der Waals surface area (Å²) in [6.45, 7) is 8.87. The summed E-state index contributed by atoms with van der Waals surface area (Å²) in [5.41, 5.74) is 5.69. The summed E-state index contributed by atoms with van der Waals surface area (Å²) in [4.78, 5) is 0. The highest BCUT2D eigenvalue weighted by Crippen LogP contribution is 2.34. The van der Waals surface area contributed by atoms with Gasteiger partial charge in [0.1, 0.15) is 0 Å². The molecule has 0 aliphatic rings. The monoisotopic (exact) mass is 328 g/mol. The van der Waals surface area contributed by atoms with E-state index in [0.717, 1.165) is 22.3 Å². The number of allylic oxidation sites excluding steroid dienone is 2. The van der Waals surface area contributed by atoms with Crippen molar-refractivity contribution in [3.05, 3.63) is 38.3 Å². The molecule has 0 nitrogen and oxygen atoms in total. The molecule has 0 aliphatic heterocycles. The van der Waals surface area contributed by atoms with Gasteiger partial charge in [0.25, 0.3) is 0 Å². The second kappa shape index (κ2) is 7.35. The van der Waals surface area contributed by atoms with E-state index in [4.69, 9.17) is 11.6 Å². The number of halogens is 2. The predicted octanol–water partition coefficient (Wildman–Crippen LogP) is 6.78. The van der Waals surface area contributed by atoms with Crippen LogP contribution in [0.25, 0.3) is 5.57 Å². The maximum atomic E-state index is 6.15. The van der Waals surface area contributed by atoms with Gasteiger partial charge >= 0.3 is 0 Å². The van der Waals surface area contributed by atoms with E-state index in [1.165, 1.54) is 29.5 Å². The molecule has 0 aromatic heterocycles. The first-order chi connectivity index (χ1) is 8.54. The van der Waals surface area contributed by atoms with Gasteiger partial charge in [0, 0.05) is 4.47 Å². The smallest absolute Gasteiger partial charge is 0.0551 e. The van der Waals surface area contributed by atoms with Crippen LogP contribution < -0.4 is 0 Å². The van der Waals surface area contributed by atoms with Crippen molar-refractivity contribution in [2.24, 2.45) is 0 Å². The van der Waals surface area contributed by atoms with Crippen LogP contribution in [0.5, 0.6) is 0 Å². The maximum absolute atomic E-state index is 6.15. The Balaban J connectivity index is 3.36. The van der Waals surface area contributed by atoms with Crippen molar-refractivity contribution in [3.8, 4) is 0 Å². The van der Waals surface area contributed by atoms with Gasteiger partial charge in [-0.1, -0.05) is 44.4 Å². The molecule has 1 aromatic carbocycles. The van der Waals surface area contributed by atoms with Gasteiger partial charge in [-0.05, 0) is 70.9 Å². The van der Waals surface area contributed by atoms with Crippen LogP contribution >= 0.6 is 27.5 Å². The largest absolute Gasteiger partial charge is 0.0831 e. The third kappa shape index (κ3) is 3.61. The first kappa shape index (κ1) is 15.8. The fourth-order valence-corrected chi connectivity index (χ4v) is 3.01. The zero-order chi connectivity index (χ0) is 13.7. The molecule has 18 heavy (non-hydrogen) atoms. The molecule has 2 heteroatoms. The number of hydrogen-bond acceptors (Lipinski definition) is 0. The second-order valence-electron chi connectivity index (χ2n) is 4.62. The summed E-state index contributed by atoms with van der Waals surface area (Å²) >= 11 is 9.68. The van der Waals surface area contributed by atoms with Gasteiger partial charge in [0.15, 0.2) is 0 Å². The first-order valence-electron chi connectivity index (χ1n) is 6.71. The quantitative estimate of drug-likeness (QED) is 0.558. The lowest BCUT2D eigenvalue weighted by atomic mass is 9.91. The second-order valence-corrected chi connectivity index (χ2v) is 5.88. The number of hydrogen-bond donors (Lipinski definition) is 0. The molecule has 0 bridgehead atoms. The van der Waals surface area contributed by atoms with Gasteiger partial charge in [0.05, 0.1) is 5.02 Å². The van der Waals surface area contributed by atoms with Gasteiger partial charge in [-0.2, -0.15) is 0 Å². The molecule has 0 unspecified atom stereocenters. The molecule has 0 amide bonds. The van der Waals surface area contributed by atoms with E-state index in [-0.39, 0.29) is 0 Å². The van der Waals surface area contributed by atoms with Crippen molar-refractivity contribution < 1.29 is 0 Å². The van der Waals surface area contributed by atoms with Crippen LogP contribution in [0, 0.1) is 6.92 Å². The van der Waals surface area contributed by atoms with E-state index >= 15 is 0 Å². The van der Waals surface area contributed by atoms with Crippen LogP contribution in [0.4, 0.5) is 0 Å². The Morgan fingerprint density at radius 2 is 1.83 bits per heavy atom. The zero-order valence-electron chi connectivity index (χ0n) is 11.7. The van der Waals surface area contributed by atoms with Crippen LogP contribution in [0.2, 0.25) is 5.02 Å². The molecule has 0 fully saturated rings. The molecule has 1 aromatic rings. The maximum Gasteiger partial charge on any atom is 0.0551 e. The fraction of sp³-hybridized carbons (Fsp3) is 0.500. The lowest BCUT2D eigenvalue weighted by molar-refractivity contribution is 0.855. The Bertz CT molecular complexity index is 447. The third-order valence-corrected chi connectivity index (χ3v) is 4.55. The molecule has 0 aliphatic carbocycles. The minimum atomic E-state index is 0.792. The van der Waals surface area contributed by atoms with Crippen molar-refractivity contribution in [1.29, 1.82) is 0 Å². The molecular formula is C16H22BrCl. The van der Waals surface area contributed by atoms with Crippen LogP contribution in [0.1, 0.15) is 57.6 Å². The third-order valence-electron chi connectivity index (χ3n) is 3.35. The molecular weight excluding hydrogens is 308 g/mol. The number of benzene rings is 1. The Morgan fingerprint density at radius 1 is 1.17 bits per heavy atom. The molecule has 0 saturated heterocycles. The van der Waals surface area contributed by atoms with Crippen LogP contribution in [-0.4, -0.2) is 0 Å². The Labute approximate surface area is 125 Å². The molecule has 0 atom stereocenters. The predicted molar refractivity (Wildman–Crippen MR) is 86.3 cm³/mol. The number of rotatable bonds is 5. The van der Waals surface area contributed by atoms with Gasteiger partial charge < -0.3 is 0 Å². The van der Waals surface area contributed by atoms with E-state index < -0.39 is 0 Å². The summed E-state index contributed by atoms with van der Waals surface area (Å²) < 4.78 is 0.989. The zero-order valence-corrected chi connectivity index (χ0v) is 14.1. The molecule has 0 N–H and O–H groups in total. The van der Waals surface area contributed by atoms with Crippen molar-refractivity contribution in [1.82, 2.24) is 0 Å². The number of aryl methyl sites for hydroxylation is 1. The summed E-state index contributed by atoms with van der Waals surface area (Å²) in [7, 11) is 0. The van der Waals surface area contributed by atoms with Crippen molar-refractivity contribution >= 4 is 33.1 Å². The minimum absolute atomic E-state index is 0.792. The van der Waals surface area contributed by atoms with Gasteiger partial charge in [0.2, 0.25) is 0 Å². The molecule has 0 heterocycles. The highest BCUT2D eigenvalue weighted by molar-refractivity contribution is 9.10. The summed E-state index contributed by atoms with van der Waals surface area (Å²) in [5.74, 6) is 0. The molecule has 1 rings (SSSR count). The first-order valence-corrected chi connectivity index (χ1v) is 7.89. The van der Waals surface area contributed by atoms with Crippen LogP contribution in [0.15, 0.2) is 22.2 Å². The van der Waals surface area contributed by atoms with Crippen molar-refractivity contribution in [2.45, 2.75) is 53.4 Å². The van der Waals surface area contributed by atoms with E-state index in [0.29, 0.717) is 0 Å². The summed E-state index contributed by atoms with van der Waals surface area (Å²) in [5, 5.41) is 0.792. The molecule has 0 saturated carbocycles. The minimum Gasteiger partial charge on any atom is -0.0831 e. The van der Waals surface area contributed by atoms with Crippen LogP contribution in [-0.2, 0) is 0 Å². The Morgan fingerprint density at radius 3 is 2.33 bits per heavy atom. The summed E-state index contributed by atoms with van der Waals surface area (Å²) in [6.07, 6.45) is 4.62. The highest BCUT2D eigenvalue weighted by atomic mass is 79.9. The molecule has 0 radical (unpaired) electrons. The normalized spacial score (nSPS) is 12.6. The lowest BCUT2D eigenvalue weighted by Crippen LogP contribution is -1.95. The highest BCUT2D eigenvalue weighted by Gasteiger charge is 2.11. The fourth-order valence-electron chi connectivity index (χ4n) is 2.45. The lowest BCUT2D eigenvalue weighted by Gasteiger charge is -2.16. The molecule has 100 valence electrons. The van der Waals surface area contributed by atoms with Crippen molar-refractivity contribution in [2.75, 3.05) is 0 Å². The topological polar surface area (TPSA) is 0 Å². The average molecular weight is 330 g/mol. The van der Waals surface area contributed by atoms with Crippen LogP contribution in [0.3, 0.4) is 0 Å². The van der Waals surface area contributed by atoms with Crippen molar-refractivity contribution in [3.63, 3.8) is 0 Å².